The monoisotopic (exact) mass is 326 g/mol. The summed E-state index contributed by atoms with van der Waals surface area (Å²) < 4.78 is 5.18. The standard InChI is InChI=1S/C13H22N2O3.C5H12/c1-6-11-7-10(8-15(11)9(2)16)14-12(17)18-13(3,4)5;1-5(2,3)4/h6,10-11H,1,7-8H2,2-5H3,(H,14,17);1-4H3/t10-,11+;/m0./s1. The van der Waals surface area contributed by atoms with Gasteiger partial charge in [0.1, 0.15) is 5.60 Å². The molecule has 0 saturated carbocycles. The Morgan fingerprint density at radius 2 is 1.65 bits per heavy atom. The van der Waals surface area contributed by atoms with E-state index in [2.05, 4.69) is 39.6 Å². The molecule has 2 amide bonds. The Balaban J connectivity index is 0.000000841. The molecular weight excluding hydrogens is 292 g/mol. The molecule has 0 aliphatic carbocycles. The minimum absolute atomic E-state index is 0.00612. The second-order valence-corrected chi connectivity index (χ2v) is 8.55. The zero-order valence-corrected chi connectivity index (χ0v) is 16.0. The largest absolute Gasteiger partial charge is 0.444 e. The fourth-order valence-electron chi connectivity index (χ4n) is 2.03. The zero-order chi connectivity index (χ0) is 18.4. The van der Waals surface area contributed by atoms with Crippen molar-refractivity contribution in [2.24, 2.45) is 5.41 Å². The number of carbonyl (C=O) groups excluding carboxylic acids is 2. The van der Waals surface area contributed by atoms with Gasteiger partial charge < -0.3 is 15.0 Å². The number of carbonyl (C=O) groups is 2. The lowest BCUT2D eigenvalue weighted by molar-refractivity contribution is -0.128. The van der Waals surface area contributed by atoms with E-state index in [0.29, 0.717) is 18.4 Å². The van der Waals surface area contributed by atoms with E-state index < -0.39 is 11.7 Å². The molecule has 1 aliphatic rings. The number of nitrogens with one attached hydrogen (secondary N) is 1. The Bertz CT molecular complexity index is 413. The first-order valence-electron chi connectivity index (χ1n) is 8.12. The maximum atomic E-state index is 11.6. The highest BCUT2D eigenvalue weighted by molar-refractivity contribution is 5.75. The number of amides is 2. The van der Waals surface area contributed by atoms with Crippen molar-refractivity contribution in [2.75, 3.05) is 6.54 Å². The fourth-order valence-corrected chi connectivity index (χ4v) is 2.03. The normalized spacial score (nSPS) is 21.1. The Hall–Kier alpha value is -1.52. The molecule has 0 bridgehead atoms. The molecule has 1 N–H and O–H groups in total. The van der Waals surface area contributed by atoms with Gasteiger partial charge in [-0.15, -0.1) is 6.58 Å². The molecule has 1 saturated heterocycles. The van der Waals surface area contributed by atoms with Gasteiger partial charge in [-0.1, -0.05) is 33.8 Å². The van der Waals surface area contributed by atoms with Crippen LogP contribution in [0.5, 0.6) is 0 Å². The van der Waals surface area contributed by atoms with Crippen molar-refractivity contribution in [2.45, 2.75) is 79.5 Å². The van der Waals surface area contributed by atoms with Gasteiger partial charge in [0, 0.05) is 13.5 Å². The number of alkyl carbamates (subject to hydrolysis) is 1. The molecule has 23 heavy (non-hydrogen) atoms. The van der Waals surface area contributed by atoms with Crippen molar-refractivity contribution in [3.63, 3.8) is 0 Å². The molecular formula is C18H34N2O3. The second kappa shape index (κ2) is 8.37. The summed E-state index contributed by atoms with van der Waals surface area (Å²) in [6.45, 7) is 19.9. The summed E-state index contributed by atoms with van der Waals surface area (Å²) in [6, 6.07) is -0.0887. The minimum Gasteiger partial charge on any atom is -0.444 e. The van der Waals surface area contributed by atoms with Crippen LogP contribution in [-0.2, 0) is 9.53 Å². The first kappa shape index (κ1) is 21.5. The summed E-state index contributed by atoms with van der Waals surface area (Å²) in [5.41, 5.74) is -0.0131. The Morgan fingerprint density at radius 3 is 1.96 bits per heavy atom. The van der Waals surface area contributed by atoms with E-state index in [0.717, 1.165) is 0 Å². The van der Waals surface area contributed by atoms with Gasteiger partial charge in [0.05, 0.1) is 12.1 Å². The van der Waals surface area contributed by atoms with Gasteiger partial charge in [0.25, 0.3) is 0 Å². The van der Waals surface area contributed by atoms with E-state index >= 15 is 0 Å². The van der Waals surface area contributed by atoms with Crippen molar-refractivity contribution in [3.05, 3.63) is 12.7 Å². The zero-order valence-electron chi connectivity index (χ0n) is 16.0. The molecule has 1 rings (SSSR count). The first-order chi connectivity index (χ1) is 10.2. The summed E-state index contributed by atoms with van der Waals surface area (Å²) in [7, 11) is 0. The van der Waals surface area contributed by atoms with Gasteiger partial charge in [-0.05, 0) is 32.6 Å². The lowest BCUT2D eigenvalue weighted by Gasteiger charge is -2.22. The summed E-state index contributed by atoms with van der Waals surface area (Å²) in [5.74, 6) is -0.00612. The lowest BCUT2D eigenvalue weighted by atomic mass is 10.0. The van der Waals surface area contributed by atoms with E-state index in [9.17, 15) is 9.59 Å². The highest BCUT2D eigenvalue weighted by Gasteiger charge is 2.33. The minimum atomic E-state index is -0.513. The van der Waals surface area contributed by atoms with E-state index in [-0.39, 0.29) is 18.0 Å². The number of nitrogens with zero attached hydrogens (tertiary/aromatic N) is 1. The van der Waals surface area contributed by atoms with E-state index in [4.69, 9.17) is 4.74 Å². The molecule has 5 nitrogen and oxygen atoms in total. The average molecular weight is 326 g/mol. The van der Waals surface area contributed by atoms with Gasteiger partial charge in [-0.2, -0.15) is 0 Å². The highest BCUT2D eigenvalue weighted by Crippen LogP contribution is 2.19. The second-order valence-electron chi connectivity index (χ2n) is 8.55. The lowest BCUT2D eigenvalue weighted by Crippen LogP contribution is -2.41. The van der Waals surface area contributed by atoms with Crippen LogP contribution >= 0.6 is 0 Å². The molecule has 1 fully saturated rings. The van der Waals surface area contributed by atoms with Crippen LogP contribution in [0.3, 0.4) is 0 Å². The topological polar surface area (TPSA) is 58.6 Å². The molecule has 0 aromatic rings. The van der Waals surface area contributed by atoms with Crippen LogP contribution in [-0.4, -0.2) is 41.1 Å². The quantitative estimate of drug-likeness (QED) is 0.786. The average Bonchev–Trinajstić information content (AvgIpc) is 2.67. The molecule has 2 atom stereocenters. The third kappa shape index (κ3) is 10.8. The smallest absolute Gasteiger partial charge is 0.407 e. The SMILES string of the molecule is C=C[C@@H]1C[C@H](NC(=O)OC(C)(C)C)CN1C(C)=O.CC(C)(C)C. The molecule has 5 heteroatoms. The summed E-state index contributed by atoms with van der Waals surface area (Å²) in [6.07, 6.45) is 1.97. The summed E-state index contributed by atoms with van der Waals surface area (Å²) >= 11 is 0. The van der Waals surface area contributed by atoms with Crippen LogP contribution in [0.15, 0.2) is 12.7 Å². The van der Waals surface area contributed by atoms with Crippen molar-refractivity contribution in [1.29, 1.82) is 0 Å². The van der Waals surface area contributed by atoms with Crippen molar-refractivity contribution in [1.82, 2.24) is 10.2 Å². The predicted molar refractivity (Wildman–Crippen MR) is 94.3 cm³/mol. The van der Waals surface area contributed by atoms with E-state index in [1.807, 2.05) is 20.8 Å². The number of rotatable bonds is 2. The third-order valence-electron chi connectivity index (χ3n) is 2.74. The Kier molecular flexibility index (Phi) is 7.81. The molecule has 1 aliphatic heterocycles. The number of likely N-dealkylation sites (tertiary alicyclic amines) is 1. The summed E-state index contributed by atoms with van der Waals surface area (Å²) in [4.78, 5) is 24.7. The van der Waals surface area contributed by atoms with Gasteiger partial charge in [-0.25, -0.2) is 4.79 Å². The van der Waals surface area contributed by atoms with E-state index in [1.54, 1.807) is 11.0 Å². The van der Waals surface area contributed by atoms with Crippen molar-refractivity contribution in [3.8, 4) is 0 Å². The van der Waals surface area contributed by atoms with Gasteiger partial charge >= 0.3 is 6.09 Å². The van der Waals surface area contributed by atoms with Crippen molar-refractivity contribution >= 4 is 12.0 Å². The predicted octanol–water partition coefficient (Wildman–Crippen LogP) is 3.74. The van der Waals surface area contributed by atoms with E-state index in [1.165, 1.54) is 6.92 Å². The van der Waals surface area contributed by atoms with Crippen LogP contribution in [0.4, 0.5) is 4.79 Å². The first-order valence-corrected chi connectivity index (χ1v) is 8.12. The molecule has 0 radical (unpaired) electrons. The highest BCUT2D eigenvalue weighted by atomic mass is 16.6. The van der Waals surface area contributed by atoms with Crippen molar-refractivity contribution < 1.29 is 14.3 Å². The number of hydrogen-bond donors (Lipinski definition) is 1. The maximum absolute atomic E-state index is 11.6. The van der Waals surface area contributed by atoms with Crippen LogP contribution in [0.2, 0.25) is 0 Å². The van der Waals surface area contributed by atoms with Crippen LogP contribution in [0, 0.1) is 5.41 Å². The van der Waals surface area contributed by atoms with Crippen LogP contribution in [0.1, 0.15) is 61.8 Å². The van der Waals surface area contributed by atoms with Crippen LogP contribution in [0.25, 0.3) is 0 Å². The Labute approximate surface area is 141 Å². The van der Waals surface area contributed by atoms with Gasteiger partial charge in [0.15, 0.2) is 0 Å². The number of ether oxygens (including phenoxy) is 1. The Morgan fingerprint density at radius 1 is 1.17 bits per heavy atom. The number of hydrogen-bond acceptors (Lipinski definition) is 3. The molecule has 0 spiro atoms. The van der Waals surface area contributed by atoms with Gasteiger partial charge in [-0.3, -0.25) is 4.79 Å². The molecule has 0 unspecified atom stereocenters. The van der Waals surface area contributed by atoms with Gasteiger partial charge in [0.2, 0.25) is 5.91 Å². The fraction of sp³-hybridized carbons (Fsp3) is 0.778. The molecule has 0 aromatic carbocycles. The molecule has 0 aromatic heterocycles. The molecule has 134 valence electrons. The summed E-state index contributed by atoms with van der Waals surface area (Å²) in [5, 5.41) is 2.78. The maximum Gasteiger partial charge on any atom is 0.407 e. The molecule has 1 heterocycles. The third-order valence-corrected chi connectivity index (χ3v) is 2.74. The van der Waals surface area contributed by atoms with Crippen LogP contribution < -0.4 is 5.32 Å².